The van der Waals surface area contributed by atoms with Crippen LogP contribution in [0.1, 0.15) is 11.1 Å². The Morgan fingerprint density at radius 3 is 2.56 bits per heavy atom. The zero-order chi connectivity index (χ0) is 13.1. The first kappa shape index (κ1) is 13.9. The number of rotatable bonds is 3. The fourth-order valence-electron chi connectivity index (χ4n) is 1.62. The van der Waals surface area contributed by atoms with Crippen LogP contribution in [0.15, 0.2) is 45.3 Å². The zero-order valence-electron chi connectivity index (χ0n) is 9.81. The SMILES string of the molecule is Cc1ccc(CNc2ccc(Br)cc2Cl)c(Br)c1. The molecule has 94 valence electrons. The van der Waals surface area contributed by atoms with E-state index in [2.05, 4.69) is 62.3 Å². The van der Waals surface area contributed by atoms with E-state index < -0.39 is 0 Å². The number of nitrogens with one attached hydrogen (secondary N) is 1. The molecule has 0 aliphatic heterocycles. The second-order valence-electron chi connectivity index (χ2n) is 4.07. The van der Waals surface area contributed by atoms with Gasteiger partial charge < -0.3 is 5.32 Å². The lowest BCUT2D eigenvalue weighted by Crippen LogP contribution is -2.00. The molecule has 0 aliphatic carbocycles. The second-order valence-corrected chi connectivity index (χ2v) is 6.25. The van der Waals surface area contributed by atoms with Crippen molar-refractivity contribution in [2.75, 3.05) is 5.32 Å². The van der Waals surface area contributed by atoms with Gasteiger partial charge >= 0.3 is 0 Å². The molecule has 18 heavy (non-hydrogen) atoms. The molecule has 0 fully saturated rings. The summed E-state index contributed by atoms with van der Waals surface area (Å²) in [5, 5.41) is 4.05. The Morgan fingerprint density at radius 1 is 1.11 bits per heavy atom. The van der Waals surface area contributed by atoms with E-state index in [1.807, 2.05) is 18.2 Å². The molecule has 4 heteroatoms. The first-order valence-corrected chi connectivity index (χ1v) is 7.46. The topological polar surface area (TPSA) is 12.0 Å². The number of hydrogen-bond donors (Lipinski definition) is 1. The molecule has 1 N–H and O–H groups in total. The summed E-state index contributed by atoms with van der Waals surface area (Å²) in [4.78, 5) is 0. The molecule has 0 unspecified atom stereocenters. The number of anilines is 1. The van der Waals surface area contributed by atoms with Gasteiger partial charge in [-0.25, -0.2) is 0 Å². The van der Waals surface area contributed by atoms with Crippen molar-refractivity contribution in [1.82, 2.24) is 0 Å². The molecule has 0 atom stereocenters. The van der Waals surface area contributed by atoms with Crippen molar-refractivity contribution in [3.05, 3.63) is 61.5 Å². The summed E-state index contributed by atoms with van der Waals surface area (Å²) < 4.78 is 2.10. The van der Waals surface area contributed by atoms with Crippen LogP contribution in [-0.2, 0) is 6.54 Å². The number of halogens is 3. The largest absolute Gasteiger partial charge is 0.380 e. The van der Waals surface area contributed by atoms with E-state index in [0.29, 0.717) is 5.02 Å². The summed E-state index contributed by atoms with van der Waals surface area (Å²) >= 11 is 13.1. The van der Waals surface area contributed by atoms with Gasteiger partial charge in [0.2, 0.25) is 0 Å². The van der Waals surface area contributed by atoms with Gasteiger partial charge in [-0.15, -0.1) is 0 Å². The van der Waals surface area contributed by atoms with Gasteiger partial charge in [0.05, 0.1) is 10.7 Å². The van der Waals surface area contributed by atoms with Crippen molar-refractivity contribution >= 4 is 49.1 Å². The first-order chi connectivity index (χ1) is 8.56. The van der Waals surface area contributed by atoms with Gasteiger partial charge in [-0.2, -0.15) is 0 Å². The highest BCUT2D eigenvalue weighted by Crippen LogP contribution is 2.27. The fraction of sp³-hybridized carbons (Fsp3) is 0.143. The summed E-state index contributed by atoms with van der Waals surface area (Å²) in [5.74, 6) is 0. The lowest BCUT2D eigenvalue weighted by molar-refractivity contribution is 1.13. The van der Waals surface area contributed by atoms with Gasteiger partial charge in [0, 0.05) is 15.5 Å². The third kappa shape index (κ3) is 3.50. The lowest BCUT2D eigenvalue weighted by Gasteiger charge is -2.10. The van der Waals surface area contributed by atoms with Crippen LogP contribution in [0.25, 0.3) is 0 Å². The average molecular weight is 390 g/mol. The van der Waals surface area contributed by atoms with Crippen LogP contribution < -0.4 is 5.32 Å². The highest BCUT2D eigenvalue weighted by atomic mass is 79.9. The third-order valence-corrected chi connectivity index (χ3v) is 4.15. The van der Waals surface area contributed by atoms with Crippen LogP contribution >= 0.6 is 43.5 Å². The van der Waals surface area contributed by atoms with Crippen molar-refractivity contribution < 1.29 is 0 Å². The highest BCUT2D eigenvalue weighted by molar-refractivity contribution is 9.10. The smallest absolute Gasteiger partial charge is 0.0648 e. The second kappa shape index (κ2) is 6.09. The Morgan fingerprint density at radius 2 is 1.89 bits per heavy atom. The molecule has 0 spiro atoms. The Balaban J connectivity index is 2.11. The van der Waals surface area contributed by atoms with Crippen LogP contribution in [0.5, 0.6) is 0 Å². The Hall–Kier alpha value is -0.510. The molecular formula is C14H12Br2ClN. The van der Waals surface area contributed by atoms with Crippen LogP contribution in [0, 0.1) is 6.92 Å². The van der Waals surface area contributed by atoms with E-state index in [-0.39, 0.29) is 0 Å². The van der Waals surface area contributed by atoms with Gasteiger partial charge in [-0.3, -0.25) is 0 Å². The van der Waals surface area contributed by atoms with Crippen molar-refractivity contribution in [3.8, 4) is 0 Å². The monoisotopic (exact) mass is 387 g/mol. The Kier molecular flexibility index (Phi) is 4.71. The normalized spacial score (nSPS) is 10.4. The van der Waals surface area contributed by atoms with Gasteiger partial charge in [0.15, 0.2) is 0 Å². The Labute approximate surface area is 129 Å². The average Bonchev–Trinajstić information content (AvgIpc) is 2.30. The molecule has 0 aliphatic rings. The maximum Gasteiger partial charge on any atom is 0.0648 e. The van der Waals surface area contributed by atoms with E-state index in [0.717, 1.165) is 21.2 Å². The van der Waals surface area contributed by atoms with Crippen molar-refractivity contribution in [3.63, 3.8) is 0 Å². The van der Waals surface area contributed by atoms with Gasteiger partial charge in [0.1, 0.15) is 0 Å². The highest BCUT2D eigenvalue weighted by Gasteiger charge is 2.03. The van der Waals surface area contributed by atoms with E-state index in [9.17, 15) is 0 Å². The summed E-state index contributed by atoms with van der Waals surface area (Å²) in [6.45, 7) is 2.82. The van der Waals surface area contributed by atoms with E-state index in [1.165, 1.54) is 11.1 Å². The standard InChI is InChI=1S/C14H12Br2ClN/c1-9-2-3-10(12(16)6-9)8-18-14-5-4-11(15)7-13(14)17/h2-7,18H,8H2,1H3. The van der Waals surface area contributed by atoms with Crippen molar-refractivity contribution in [2.24, 2.45) is 0 Å². The minimum atomic E-state index is 0.715. The summed E-state index contributed by atoms with van der Waals surface area (Å²) in [6, 6.07) is 12.1. The molecule has 2 aromatic rings. The molecule has 0 saturated carbocycles. The van der Waals surface area contributed by atoms with Gasteiger partial charge in [-0.05, 0) is 42.3 Å². The molecule has 0 heterocycles. The molecule has 0 saturated heterocycles. The van der Waals surface area contributed by atoms with Gasteiger partial charge in [0.25, 0.3) is 0 Å². The van der Waals surface area contributed by atoms with Crippen molar-refractivity contribution in [2.45, 2.75) is 13.5 Å². The van der Waals surface area contributed by atoms with Gasteiger partial charge in [-0.1, -0.05) is 55.6 Å². The van der Waals surface area contributed by atoms with Crippen LogP contribution in [0.2, 0.25) is 5.02 Å². The van der Waals surface area contributed by atoms with Crippen molar-refractivity contribution in [1.29, 1.82) is 0 Å². The maximum atomic E-state index is 6.16. The molecule has 2 rings (SSSR count). The summed E-state index contributed by atoms with van der Waals surface area (Å²) in [6.07, 6.45) is 0. The minimum Gasteiger partial charge on any atom is -0.380 e. The van der Waals surface area contributed by atoms with Crippen LogP contribution in [-0.4, -0.2) is 0 Å². The molecule has 1 nitrogen and oxygen atoms in total. The Bertz CT molecular complexity index is 518. The molecule has 2 aromatic carbocycles. The quantitative estimate of drug-likeness (QED) is 0.701. The summed E-state index contributed by atoms with van der Waals surface area (Å²) in [7, 11) is 0. The van der Waals surface area contributed by atoms with E-state index in [4.69, 9.17) is 11.6 Å². The predicted octanol–water partition coefficient (Wildman–Crippen LogP) is 5.79. The number of aryl methyl sites for hydroxylation is 1. The van der Waals surface area contributed by atoms with Crippen LogP contribution in [0.3, 0.4) is 0 Å². The summed E-state index contributed by atoms with van der Waals surface area (Å²) in [5.41, 5.74) is 3.39. The minimum absolute atomic E-state index is 0.715. The lowest BCUT2D eigenvalue weighted by atomic mass is 10.1. The molecule has 0 amide bonds. The van der Waals surface area contributed by atoms with E-state index >= 15 is 0 Å². The molecule has 0 radical (unpaired) electrons. The maximum absolute atomic E-state index is 6.16. The van der Waals surface area contributed by atoms with Crippen LogP contribution in [0.4, 0.5) is 5.69 Å². The number of hydrogen-bond acceptors (Lipinski definition) is 1. The van der Waals surface area contributed by atoms with E-state index in [1.54, 1.807) is 0 Å². The predicted molar refractivity (Wildman–Crippen MR) is 85.4 cm³/mol. The number of benzene rings is 2. The fourth-order valence-corrected chi connectivity index (χ4v) is 2.99. The first-order valence-electron chi connectivity index (χ1n) is 5.50. The zero-order valence-corrected chi connectivity index (χ0v) is 13.7. The molecule has 0 bridgehead atoms. The third-order valence-electron chi connectivity index (χ3n) is 2.61. The molecule has 0 aromatic heterocycles. The molecular weight excluding hydrogens is 377 g/mol.